The van der Waals surface area contributed by atoms with Crippen LogP contribution in [-0.4, -0.2) is 22.0 Å². The van der Waals surface area contributed by atoms with Gasteiger partial charge in [-0.2, -0.15) is 0 Å². The molecule has 0 spiro atoms. The molecule has 0 radical (unpaired) electrons. The van der Waals surface area contributed by atoms with E-state index in [1.165, 1.54) is 0 Å². The summed E-state index contributed by atoms with van der Waals surface area (Å²) in [5.41, 5.74) is 1.56. The number of nitrogens with zero attached hydrogens (tertiary/aromatic N) is 1. The molecule has 6 heteroatoms. The summed E-state index contributed by atoms with van der Waals surface area (Å²) in [6.07, 6.45) is 0.641. The van der Waals surface area contributed by atoms with Gasteiger partial charge in [0.2, 0.25) is 5.91 Å². The third-order valence-electron chi connectivity index (χ3n) is 3.26. The van der Waals surface area contributed by atoms with E-state index in [4.69, 9.17) is 5.11 Å². The number of carbonyl (C=O) groups excluding carboxylic acids is 1. The van der Waals surface area contributed by atoms with Crippen LogP contribution < -0.4 is 5.32 Å². The van der Waals surface area contributed by atoms with Crippen LogP contribution in [0.15, 0.2) is 30.3 Å². The highest BCUT2D eigenvalue weighted by atomic mass is 32.1. The zero-order valence-electron chi connectivity index (χ0n) is 12.5. The Morgan fingerprint density at radius 3 is 2.55 bits per heavy atom. The number of benzene rings is 1. The molecule has 0 aliphatic carbocycles. The SMILES string of the molecule is CCc1nc(CC(=O)NC(C)c2ccccc2)sc1C(=O)O. The van der Waals surface area contributed by atoms with E-state index in [9.17, 15) is 9.59 Å². The number of aryl methyl sites for hydroxylation is 1. The number of nitrogens with one attached hydrogen (secondary N) is 1. The third-order valence-corrected chi connectivity index (χ3v) is 4.35. The van der Waals surface area contributed by atoms with Crippen LogP contribution in [0.4, 0.5) is 0 Å². The molecule has 1 unspecified atom stereocenters. The summed E-state index contributed by atoms with van der Waals surface area (Å²) in [4.78, 5) is 27.7. The average molecular weight is 318 g/mol. The Balaban J connectivity index is 2.02. The lowest BCUT2D eigenvalue weighted by molar-refractivity contribution is -0.121. The minimum absolute atomic E-state index is 0.0988. The summed E-state index contributed by atoms with van der Waals surface area (Å²) in [6, 6.07) is 9.57. The number of aromatic carboxylic acids is 1. The van der Waals surface area contributed by atoms with Gasteiger partial charge < -0.3 is 10.4 Å². The first-order valence-corrected chi connectivity index (χ1v) is 7.89. The Morgan fingerprint density at radius 1 is 1.32 bits per heavy atom. The lowest BCUT2D eigenvalue weighted by Crippen LogP contribution is -2.28. The van der Waals surface area contributed by atoms with Crippen LogP contribution in [0.2, 0.25) is 0 Å². The Hall–Kier alpha value is -2.21. The van der Waals surface area contributed by atoms with Gasteiger partial charge in [0.15, 0.2) is 0 Å². The normalized spacial score (nSPS) is 11.9. The summed E-state index contributed by atoms with van der Waals surface area (Å²) < 4.78 is 0. The number of amides is 1. The molecule has 1 heterocycles. The summed E-state index contributed by atoms with van der Waals surface area (Å²) in [5, 5.41) is 12.5. The fourth-order valence-electron chi connectivity index (χ4n) is 2.14. The second kappa shape index (κ2) is 7.17. The zero-order valence-corrected chi connectivity index (χ0v) is 13.3. The molecule has 0 saturated carbocycles. The maximum absolute atomic E-state index is 12.1. The molecule has 22 heavy (non-hydrogen) atoms. The third kappa shape index (κ3) is 3.92. The van der Waals surface area contributed by atoms with E-state index in [-0.39, 0.29) is 23.2 Å². The van der Waals surface area contributed by atoms with Crippen LogP contribution in [0.25, 0.3) is 0 Å². The predicted octanol–water partition coefficient (Wildman–Crippen LogP) is 2.82. The summed E-state index contributed by atoms with van der Waals surface area (Å²) in [7, 11) is 0. The molecule has 1 aromatic carbocycles. The predicted molar refractivity (Wildman–Crippen MR) is 85.2 cm³/mol. The average Bonchev–Trinajstić information content (AvgIpc) is 2.91. The van der Waals surface area contributed by atoms with Crippen molar-refractivity contribution in [1.29, 1.82) is 0 Å². The monoisotopic (exact) mass is 318 g/mol. The van der Waals surface area contributed by atoms with E-state index >= 15 is 0 Å². The molecule has 116 valence electrons. The van der Waals surface area contributed by atoms with Gasteiger partial charge in [0.05, 0.1) is 18.2 Å². The van der Waals surface area contributed by atoms with Gasteiger partial charge in [0, 0.05) is 0 Å². The maximum atomic E-state index is 12.1. The number of hydrogen-bond acceptors (Lipinski definition) is 4. The van der Waals surface area contributed by atoms with Crippen LogP contribution >= 0.6 is 11.3 Å². The van der Waals surface area contributed by atoms with Gasteiger partial charge in [-0.25, -0.2) is 9.78 Å². The molecule has 2 N–H and O–H groups in total. The number of rotatable bonds is 6. The minimum Gasteiger partial charge on any atom is -0.477 e. The van der Waals surface area contributed by atoms with Crippen molar-refractivity contribution in [2.24, 2.45) is 0 Å². The number of carboxylic acids is 1. The van der Waals surface area contributed by atoms with E-state index < -0.39 is 5.97 Å². The molecule has 0 bridgehead atoms. The van der Waals surface area contributed by atoms with Crippen molar-refractivity contribution in [3.8, 4) is 0 Å². The van der Waals surface area contributed by atoms with Crippen LogP contribution in [0.1, 0.15) is 45.8 Å². The quantitative estimate of drug-likeness (QED) is 0.858. The first-order chi connectivity index (χ1) is 10.5. The van der Waals surface area contributed by atoms with Crippen molar-refractivity contribution in [2.75, 3.05) is 0 Å². The molecule has 2 rings (SSSR count). The van der Waals surface area contributed by atoms with E-state index in [0.29, 0.717) is 17.1 Å². The number of carbonyl (C=O) groups is 2. The molecule has 0 fully saturated rings. The number of aromatic nitrogens is 1. The molecule has 5 nitrogen and oxygen atoms in total. The summed E-state index contributed by atoms with van der Waals surface area (Å²) in [6.45, 7) is 3.76. The molecule has 1 amide bonds. The van der Waals surface area contributed by atoms with Crippen molar-refractivity contribution < 1.29 is 14.7 Å². The topological polar surface area (TPSA) is 79.3 Å². The standard InChI is InChI=1S/C16H18N2O3S/c1-3-12-15(16(20)21)22-14(18-12)9-13(19)17-10(2)11-7-5-4-6-8-11/h4-8,10H,3,9H2,1-2H3,(H,17,19)(H,20,21). The van der Waals surface area contributed by atoms with Gasteiger partial charge in [-0.05, 0) is 18.9 Å². The van der Waals surface area contributed by atoms with Gasteiger partial charge in [-0.1, -0.05) is 37.3 Å². The number of hydrogen-bond donors (Lipinski definition) is 2. The fraction of sp³-hybridized carbons (Fsp3) is 0.312. The number of carboxylic acid groups (broad SMARTS) is 1. The summed E-state index contributed by atoms with van der Waals surface area (Å²) >= 11 is 1.07. The number of thiazole rings is 1. The Morgan fingerprint density at radius 2 is 2.00 bits per heavy atom. The van der Waals surface area contributed by atoms with E-state index in [1.807, 2.05) is 44.2 Å². The minimum atomic E-state index is -0.987. The van der Waals surface area contributed by atoms with Crippen molar-refractivity contribution in [2.45, 2.75) is 32.7 Å². The van der Waals surface area contributed by atoms with E-state index in [1.54, 1.807) is 0 Å². The molecule has 0 aliphatic rings. The first kappa shape index (κ1) is 16.2. The largest absolute Gasteiger partial charge is 0.477 e. The van der Waals surface area contributed by atoms with Crippen LogP contribution in [0.3, 0.4) is 0 Å². The second-order valence-corrected chi connectivity index (χ2v) is 6.00. The molecule has 2 aromatic rings. The van der Waals surface area contributed by atoms with Gasteiger partial charge in [-0.3, -0.25) is 4.79 Å². The molecule has 0 aliphatic heterocycles. The summed E-state index contributed by atoms with van der Waals surface area (Å²) in [5.74, 6) is -1.15. The highest BCUT2D eigenvalue weighted by molar-refractivity contribution is 7.13. The van der Waals surface area contributed by atoms with Crippen molar-refractivity contribution >= 4 is 23.2 Å². The molecule has 0 saturated heterocycles. The van der Waals surface area contributed by atoms with Crippen molar-refractivity contribution in [1.82, 2.24) is 10.3 Å². The van der Waals surface area contributed by atoms with E-state index in [2.05, 4.69) is 10.3 Å². The molecule has 1 atom stereocenters. The molecular formula is C16H18N2O3S. The molecular weight excluding hydrogens is 300 g/mol. The first-order valence-electron chi connectivity index (χ1n) is 7.07. The lowest BCUT2D eigenvalue weighted by atomic mass is 10.1. The van der Waals surface area contributed by atoms with Crippen LogP contribution in [0.5, 0.6) is 0 Å². The molecule has 1 aromatic heterocycles. The lowest BCUT2D eigenvalue weighted by Gasteiger charge is -2.13. The highest BCUT2D eigenvalue weighted by Crippen LogP contribution is 2.20. The fourth-order valence-corrected chi connectivity index (χ4v) is 3.13. The zero-order chi connectivity index (χ0) is 16.1. The maximum Gasteiger partial charge on any atom is 0.347 e. The highest BCUT2D eigenvalue weighted by Gasteiger charge is 2.18. The Labute approximate surface area is 133 Å². The van der Waals surface area contributed by atoms with Gasteiger partial charge >= 0.3 is 5.97 Å². The van der Waals surface area contributed by atoms with Crippen LogP contribution in [-0.2, 0) is 17.6 Å². The van der Waals surface area contributed by atoms with Gasteiger partial charge in [0.1, 0.15) is 9.88 Å². The van der Waals surface area contributed by atoms with Crippen molar-refractivity contribution in [3.05, 3.63) is 51.5 Å². The van der Waals surface area contributed by atoms with E-state index in [0.717, 1.165) is 16.9 Å². The van der Waals surface area contributed by atoms with Gasteiger partial charge in [0.25, 0.3) is 0 Å². The smallest absolute Gasteiger partial charge is 0.347 e. The van der Waals surface area contributed by atoms with Gasteiger partial charge in [-0.15, -0.1) is 11.3 Å². The second-order valence-electron chi connectivity index (χ2n) is 4.92. The Kier molecular flexibility index (Phi) is 5.27. The van der Waals surface area contributed by atoms with Crippen LogP contribution in [0, 0.1) is 0 Å². The Bertz CT molecular complexity index is 667. The van der Waals surface area contributed by atoms with Crippen molar-refractivity contribution in [3.63, 3.8) is 0 Å².